The molecule has 0 spiro atoms. The van der Waals surface area contributed by atoms with Gasteiger partial charge in [0.05, 0.1) is 6.54 Å². The van der Waals surface area contributed by atoms with Crippen molar-refractivity contribution in [1.29, 1.82) is 0 Å². The van der Waals surface area contributed by atoms with Crippen LogP contribution in [-0.4, -0.2) is 24.7 Å². The molecule has 0 atom stereocenters. The Labute approximate surface area is 111 Å². The minimum absolute atomic E-state index is 0.0670. The predicted molar refractivity (Wildman–Crippen MR) is 69.0 cm³/mol. The van der Waals surface area contributed by atoms with Crippen molar-refractivity contribution in [3.63, 3.8) is 0 Å². The first kappa shape index (κ1) is 15.1. The highest BCUT2D eigenvalue weighted by Gasteiger charge is 2.13. The van der Waals surface area contributed by atoms with Crippen molar-refractivity contribution in [2.75, 3.05) is 6.54 Å². The van der Waals surface area contributed by atoms with Crippen LogP contribution in [0.2, 0.25) is 0 Å². The van der Waals surface area contributed by atoms with Crippen molar-refractivity contribution >= 4 is 12.1 Å². The molecule has 6 nitrogen and oxygen atoms in total. The summed E-state index contributed by atoms with van der Waals surface area (Å²) in [6.45, 7) is -0.280. The fraction of sp³-hybridized carbons (Fsp3) is 0.385. The molecule has 1 saturated carbocycles. The zero-order valence-corrected chi connectivity index (χ0v) is 10.6. The van der Waals surface area contributed by atoms with Gasteiger partial charge in [0.25, 0.3) is 0 Å². The van der Waals surface area contributed by atoms with Gasteiger partial charge in [0, 0.05) is 6.04 Å². The van der Waals surface area contributed by atoms with Crippen LogP contribution >= 0.6 is 0 Å². The number of benzene rings is 1. The van der Waals surface area contributed by atoms with Crippen molar-refractivity contribution in [3.05, 3.63) is 35.9 Å². The van der Waals surface area contributed by atoms with E-state index in [9.17, 15) is 9.59 Å². The first-order valence-corrected chi connectivity index (χ1v) is 5.99. The van der Waals surface area contributed by atoms with Crippen LogP contribution in [0.15, 0.2) is 30.3 Å². The molecule has 4 N–H and O–H groups in total. The van der Waals surface area contributed by atoms with Crippen LogP contribution in [0, 0.1) is 0 Å². The van der Waals surface area contributed by atoms with E-state index in [-0.39, 0.29) is 13.2 Å². The van der Waals surface area contributed by atoms with E-state index in [1.807, 2.05) is 18.2 Å². The van der Waals surface area contributed by atoms with Crippen molar-refractivity contribution in [1.82, 2.24) is 0 Å². The molecule has 19 heavy (non-hydrogen) atoms. The highest BCUT2D eigenvalue weighted by Crippen LogP contribution is 2.13. The monoisotopic (exact) mass is 266 g/mol. The quantitative estimate of drug-likeness (QED) is 0.623. The standard InChI is InChI=1S/C10H11NO4.C3H7N/c11-6-9(12)15-10(13)14-7-8-4-2-1-3-5-8;4-3-1-2-3/h1-5H,6-7,11H2;3H,1-2,4H2. The lowest BCUT2D eigenvalue weighted by Crippen LogP contribution is -2.21. The molecule has 1 aromatic carbocycles. The summed E-state index contributed by atoms with van der Waals surface area (Å²) in [6.07, 6.45) is 1.49. The summed E-state index contributed by atoms with van der Waals surface area (Å²) in [4.78, 5) is 21.5. The summed E-state index contributed by atoms with van der Waals surface area (Å²) >= 11 is 0. The fourth-order valence-corrected chi connectivity index (χ4v) is 0.977. The molecule has 1 aliphatic rings. The molecule has 0 aromatic heterocycles. The predicted octanol–water partition coefficient (Wildman–Crippen LogP) is 0.933. The lowest BCUT2D eigenvalue weighted by molar-refractivity contribution is -0.138. The average Bonchev–Trinajstić information content (AvgIpc) is 3.20. The Morgan fingerprint density at radius 3 is 2.26 bits per heavy atom. The van der Waals surface area contributed by atoms with Crippen LogP contribution in [0.25, 0.3) is 0 Å². The van der Waals surface area contributed by atoms with Gasteiger partial charge < -0.3 is 20.9 Å². The lowest BCUT2D eigenvalue weighted by atomic mass is 10.2. The Kier molecular flexibility index (Phi) is 6.56. The Hall–Kier alpha value is -1.92. The maximum atomic E-state index is 10.9. The van der Waals surface area contributed by atoms with Gasteiger partial charge in [-0.05, 0) is 18.4 Å². The summed E-state index contributed by atoms with van der Waals surface area (Å²) in [5.41, 5.74) is 11.0. The highest BCUT2D eigenvalue weighted by molar-refractivity contribution is 5.82. The van der Waals surface area contributed by atoms with Gasteiger partial charge in [0.2, 0.25) is 0 Å². The number of ether oxygens (including phenoxy) is 2. The summed E-state index contributed by atoms with van der Waals surface area (Å²) < 4.78 is 8.86. The third-order valence-corrected chi connectivity index (χ3v) is 2.19. The molecule has 0 unspecified atom stereocenters. The van der Waals surface area contributed by atoms with E-state index in [1.165, 1.54) is 12.8 Å². The number of carbonyl (C=O) groups is 2. The van der Waals surface area contributed by atoms with Gasteiger partial charge >= 0.3 is 12.1 Å². The Balaban J connectivity index is 0.000000382. The first-order chi connectivity index (χ1) is 9.11. The minimum Gasteiger partial charge on any atom is -0.429 e. The molecular weight excluding hydrogens is 248 g/mol. The van der Waals surface area contributed by atoms with E-state index >= 15 is 0 Å². The van der Waals surface area contributed by atoms with Gasteiger partial charge in [-0.25, -0.2) is 4.79 Å². The second-order valence-electron chi connectivity index (χ2n) is 4.04. The summed E-state index contributed by atoms with van der Waals surface area (Å²) in [6, 6.07) is 9.64. The summed E-state index contributed by atoms with van der Waals surface area (Å²) in [5.74, 6) is -0.812. The molecule has 1 fully saturated rings. The van der Waals surface area contributed by atoms with E-state index in [4.69, 9.17) is 11.5 Å². The molecular formula is C13H18N2O4. The molecule has 0 bridgehead atoms. The maximum Gasteiger partial charge on any atom is 0.516 e. The maximum absolute atomic E-state index is 10.9. The van der Waals surface area contributed by atoms with Gasteiger partial charge in [-0.1, -0.05) is 30.3 Å². The highest BCUT2D eigenvalue weighted by atomic mass is 16.7. The molecule has 1 aliphatic carbocycles. The third-order valence-electron chi connectivity index (χ3n) is 2.19. The van der Waals surface area contributed by atoms with Gasteiger partial charge in [0.15, 0.2) is 0 Å². The molecule has 6 heteroatoms. The van der Waals surface area contributed by atoms with Crippen LogP contribution in [0.5, 0.6) is 0 Å². The Bertz CT molecular complexity index is 404. The number of esters is 1. The van der Waals surface area contributed by atoms with E-state index in [1.54, 1.807) is 12.1 Å². The Morgan fingerprint density at radius 2 is 1.79 bits per heavy atom. The van der Waals surface area contributed by atoms with Crippen LogP contribution < -0.4 is 11.5 Å². The topological polar surface area (TPSA) is 105 Å². The van der Waals surface area contributed by atoms with Gasteiger partial charge in [-0.2, -0.15) is 0 Å². The largest absolute Gasteiger partial charge is 0.516 e. The van der Waals surface area contributed by atoms with Gasteiger partial charge in [-0.15, -0.1) is 0 Å². The molecule has 0 amide bonds. The second-order valence-corrected chi connectivity index (χ2v) is 4.04. The van der Waals surface area contributed by atoms with Crippen LogP contribution in [0.3, 0.4) is 0 Å². The number of hydrogen-bond donors (Lipinski definition) is 2. The lowest BCUT2D eigenvalue weighted by Gasteiger charge is -2.03. The molecule has 0 heterocycles. The zero-order valence-electron chi connectivity index (χ0n) is 10.6. The van der Waals surface area contributed by atoms with E-state index in [0.717, 1.165) is 5.56 Å². The van der Waals surface area contributed by atoms with Crippen molar-refractivity contribution in [2.45, 2.75) is 25.5 Å². The summed E-state index contributed by atoms with van der Waals surface area (Å²) in [5, 5.41) is 0. The average molecular weight is 266 g/mol. The smallest absolute Gasteiger partial charge is 0.429 e. The molecule has 0 saturated heterocycles. The number of carbonyl (C=O) groups excluding carboxylic acids is 2. The normalized spacial score (nSPS) is 12.9. The molecule has 2 rings (SSSR count). The molecule has 0 aliphatic heterocycles. The van der Waals surface area contributed by atoms with E-state index < -0.39 is 12.1 Å². The van der Waals surface area contributed by atoms with E-state index in [0.29, 0.717) is 6.04 Å². The Morgan fingerprint density at radius 1 is 1.21 bits per heavy atom. The van der Waals surface area contributed by atoms with Crippen LogP contribution in [-0.2, 0) is 20.9 Å². The van der Waals surface area contributed by atoms with Gasteiger partial charge in [0.1, 0.15) is 6.61 Å². The second kappa shape index (κ2) is 8.23. The number of hydrogen-bond acceptors (Lipinski definition) is 6. The van der Waals surface area contributed by atoms with E-state index in [2.05, 4.69) is 9.47 Å². The number of nitrogens with two attached hydrogens (primary N) is 2. The molecule has 0 radical (unpaired) electrons. The van der Waals surface area contributed by atoms with Crippen molar-refractivity contribution in [2.24, 2.45) is 11.5 Å². The SMILES string of the molecule is NC1CC1.NCC(=O)OC(=O)OCc1ccccc1. The van der Waals surface area contributed by atoms with Crippen LogP contribution in [0.4, 0.5) is 4.79 Å². The molecule has 104 valence electrons. The van der Waals surface area contributed by atoms with Crippen LogP contribution in [0.1, 0.15) is 18.4 Å². The fourth-order valence-electron chi connectivity index (χ4n) is 0.977. The first-order valence-electron chi connectivity index (χ1n) is 5.99. The minimum atomic E-state index is -1.03. The molecule has 1 aromatic rings. The zero-order chi connectivity index (χ0) is 14.1. The van der Waals surface area contributed by atoms with Gasteiger partial charge in [-0.3, -0.25) is 4.79 Å². The summed E-state index contributed by atoms with van der Waals surface area (Å²) in [7, 11) is 0. The van der Waals surface area contributed by atoms with Crippen molar-refractivity contribution in [3.8, 4) is 0 Å². The number of rotatable bonds is 3. The third kappa shape index (κ3) is 7.91. The van der Waals surface area contributed by atoms with Crippen molar-refractivity contribution < 1.29 is 19.1 Å².